The van der Waals surface area contributed by atoms with Crippen molar-refractivity contribution in [1.82, 2.24) is 5.32 Å². The number of para-hydroxylation sites is 1. The van der Waals surface area contributed by atoms with Crippen LogP contribution in [0.1, 0.15) is 25.3 Å². The molecule has 0 aromatic heterocycles. The van der Waals surface area contributed by atoms with E-state index in [1.54, 1.807) is 0 Å². The van der Waals surface area contributed by atoms with Crippen LogP contribution >= 0.6 is 11.6 Å². The number of aliphatic hydroxyl groups is 1. The van der Waals surface area contributed by atoms with Gasteiger partial charge in [0.15, 0.2) is 0 Å². The van der Waals surface area contributed by atoms with E-state index in [4.69, 9.17) is 21.4 Å². The standard InChI is InChI=1S/C14H22ClNO2/c1-11-6-5-7-13(15)14(11)18-9-4-3-8-16-12(2)10-17/h5-7,12,16-17H,3-4,8-10H2,1-2H3. The Kier molecular flexibility index (Phi) is 7.09. The third-order valence-electron chi connectivity index (χ3n) is 2.75. The summed E-state index contributed by atoms with van der Waals surface area (Å²) in [5.41, 5.74) is 1.06. The molecule has 0 fully saturated rings. The molecule has 0 aliphatic heterocycles. The summed E-state index contributed by atoms with van der Waals surface area (Å²) in [7, 11) is 0. The fourth-order valence-corrected chi connectivity index (χ4v) is 1.89. The molecule has 1 atom stereocenters. The predicted octanol–water partition coefficient (Wildman–Crippen LogP) is 2.78. The SMILES string of the molecule is Cc1cccc(Cl)c1OCCCCNC(C)CO. The predicted molar refractivity (Wildman–Crippen MR) is 75.5 cm³/mol. The maximum absolute atomic E-state index is 8.85. The smallest absolute Gasteiger partial charge is 0.140 e. The fourth-order valence-electron chi connectivity index (χ4n) is 1.61. The Bertz CT molecular complexity index is 337. The van der Waals surface area contributed by atoms with Gasteiger partial charge in [-0.2, -0.15) is 0 Å². The Morgan fingerprint density at radius 2 is 2.17 bits per heavy atom. The first-order valence-electron chi connectivity index (χ1n) is 6.37. The summed E-state index contributed by atoms with van der Waals surface area (Å²) in [6.45, 7) is 5.69. The summed E-state index contributed by atoms with van der Waals surface area (Å²) in [6.07, 6.45) is 1.99. The fraction of sp³-hybridized carbons (Fsp3) is 0.571. The summed E-state index contributed by atoms with van der Waals surface area (Å²) in [6, 6.07) is 5.92. The van der Waals surface area contributed by atoms with Crippen molar-refractivity contribution in [3.05, 3.63) is 28.8 Å². The Morgan fingerprint density at radius 1 is 1.39 bits per heavy atom. The van der Waals surface area contributed by atoms with Crippen LogP contribution in [0.25, 0.3) is 0 Å². The van der Waals surface area contributed by atoms with Gasteiger partial charge in [0.05, 0.1) is 18.2 Å². The maximum atomic E-state index is 8.85. The summed E-state index contributed by atoms with van der Waals surface area (Å²) >= 11 is 6.06. The molecule has 0 amide bonds. The summed E-state index contributed by atoms with van der Waals surface area (Å²) < 4.78 is 5.69. The highest BCUT2D eigenvalue weighted by Crippen LogP contribution is 2.27. The van der Waals surface area contributed by atoms with E-state index in [2.05, 4.69) is 5.32 Å². The maximum Gasteiger partial charge on any atom is 0.140 e. The molecule has 0 radical (unpaired) electrons. The van der Waals surface area contributed by atoms with E-state index in [1.807, 2.05) is 32.0 Å². The summed E-state index contributed by atoms with van der Waals surface area (Å²) in [4.78, 5) is 0. The van der Waals surface area contributed by atoms with Crippen LogP contribution < -0.4 is 10.1 Å². The van der Waals surface area contributed by atoms with Gasteiger partial charge in [0.2, 0.25) is 0 Å². The van der Waals surface area contributed by atoms with Crippen LogP contribution in [0.4, 0.5) is 0 Å². The minimum Gasteiger partial charge on any atom is -0.492 e. The highest BCUT2D eigenvalue weighted by molar-refractivity contribution is 6.32. The molecule has 4 heteroatoms. The van der Waals surface area contributed by atoms with Gasteiger partial charge in [-0.1, -0.05) is 23.7 Å². The van der Waals surface area contributed by atoms with Gasteiger partial charge in [-0.3, -0.25) is 0 Å². The van der Waals surface area contributed by atoms with Gasteiger partial charge in [-0.15, -0.1) is 0 Å². The quantitative estimate of drug-likeness (QED) is 0.715. The molecule has 2 N–H and O–H groups in total. The van der Waals surface area contributed by atoms with Crippen molar-refractivity contribution in [2.24, 2.45) is 0 Å². The molecule has 18 heavy (non-hydrogen) atoms. The van der Waals surface area contributed by atoms with Gasteiger partial charge in [0, 0.05) is 6.04 Å². The van der Waals surface area contributed by atoms with Crippen LogP contribution in [0.3, 0.4) is 0 Å². The molecule has 0 bridgehead atoms. The molecule has 1 aromatic rings. The van der Waals surface area contributed by atoms with Crippen molar-refractivity contribution in [2.45, 2.75) is 32.7 Å². The molecule has 1 aromatic carbocycles. The van der Waals surface area contributed by atoms with E-state index < -0.39 is 0 Å². The monoisotopic (exact) mass is 271 g/mol. The van der Waals surface area contributed by atoms with E-state index in [-0.39, 0.29) is 12.6 Å². The van der Waals surface area contributed by atoms with Crippen molar-refractivity contribution in [3.63, 3.8) is 0 Å². The number of nitrogens with one attached hydrogen (secondary N) is 1. The number of halogens is 1. The zero-order valence-electron chi connectivity index (χ0n) is 11.1. The van der Waals surface area contributed by atoms with Gasteiger partial charge in [-0.25, -0.2) is 0 Å². The van der Waals surface area contributed by atoms with Crippen LogP contribution in [0.15, 0.2) is 18.2 Å². The number of benzene rings is 1. The highest BCUT2D eigenvalue weighted by atomic mass is 35.5. The second kappa shape index (κ2) is 8.35. The highest BCUT2D eigenvalue weighted by Gasteiger charge is 2.04. The minimum atomic E-state index is 0.164. The van der Waals surface area contributed by atoms with Crippen molar-refractivity contribution in [2.75, 3.05) is 19.8 Å². The molecule has 0 aliphatic carbocycles. The number of hydrogen-bond acceptors (Lipinski definition) is 3. The van der Waals surface area contributed by atoms with Gasteiger partial charge >= 0.3 is 0 Å². The van der Waals surface area contributed by atoms with Crippen LogP contribution in [0.2, 0.25) is 5.02 Å². The Labute approximate surface area is 114 Å². The summed E-state index contributed by atoms with van der Waals surface area (Å²) in [5, 5.41) is 12.7. The normalized spacial score (nSPS) is 12.4. The Morgan fingerprint density at radius 3 is 2.83 bits per heavy atom. The molecule has 1 unspecified atom stereocenters. The molecule has 0 saturated carbocycles. The lowest BCUT2D eigenvalue weighted by molar-refractivity contribution is 0.249. The zero-order valence-corrected chi connectivity index (χ0v) is 11.8. The molecular weight excluding hydrogens is 250 g/mol. The van der Waals surface area contributed by atoms with Gasteiger partial charge in [0.25, 0.3) is 0 Å². The first-order valence-corrected chi connectivity index (χ1v) is 6.75. The van der Waals surface area contributed by atoms with Crippen LogP contribution in [0.5, 0.6) is 5.75 Å². The molecule has 0 heterocycles. The molecular formula is C14H22ClNO2. The van der Waals surface area contributed by atoms with Crippen LogP contribution in [-0.2, 0) is 0 Å². The van der Waals surface area contributed by atoms with E-state index >= 15 is 0 Å². The first-order chi connectivity index (χ1) is 8.65. The lowest BCUT2D eigenvalue weighted by Crippen LogP contribution is -2.30. The van der Waals surface area contributed by atoms with Crippen molar-refractivity contribution in [1.29, 1.82) is 0 Å². The van der Waals surface area contributed by atoms with Crippen molar-refractivity contribution < 1.29 is 9.84 Å². The molecule has 0 saturated heterocycles. The molecule has 3 nitrogen and oxygen atoms in total. The number of aliphatic hydroxyl groups excluding tert-OH is 1. The molecule has 0 aliphatic rings. The minimum absolute atomic E-state index is 0.164. The van der Waals surface area contributed by atoms with Crippen molar-refractivity contribution in [3.8, 4) is 5.75 Å². The number of rotatable bonds is 8. The van der Waals surface area contributed by atoms with Crippen LogP contribution in [0, 0.1) is 6.92 Å². The zero-order chi connectivity index (χ0) is 13.4. The summed E-state index contributed by atoms with van der Waals surface area (Å²) in [5.74, 6) is 0.788. The number of unbranched alkanes of at least 4 members (excludes halogenated alkanes) is 1. The lowest BCUT2D eigenvalue weighted by Gasteiger charge is -2.12. The Balaban J connectivity index is 2.18. The molecule has 0 spiro atoms. The van der Waals surface area contributed by atoms with E-state index in [1.165, 1.54) is 0 Å². The molecule has 1 rings (SSSR count). The number of ether oxygens (including phenoxy) is 1. The number of aryl methyl sites for hydroxylation is 1. The largest absolute Gasteiger partial charge is 0.492 e. The van der Waals surface area contributed by atoms with E-state index in [0.29, 0.717) is 11.6 Å². The van der Waals surface area contributed by atoms with Gasteiger partial charge < -0.3 is 15.2 Å². The van der Waals surface area contributed by atoms with Gasteiger partial charge in [-0.05, 0) is 44.9 Å². The molecule has 102 valence electrons. The lowest BCUT2D eigenvalue weighted by atomic mass is 10.2. The number of hydrogen-bond donors (Lipinski definition) is 2. The topological polar surface area (TPSA) is 41.5 Å². The van der Waals surface area contributed by atoms with Gasteiger partial charge in [0.1, 0.15) is 5.75 Å². The van der Waals surface area contributed by atoms with E-state index in [9.17, 15) is 0 Å². The second-order valence-electron chi connectivity index (χ2n) is 4.48. The third kappa shape index (κ3) is 5.25. The first kappa shape index (κ1) is 15.3. The Hall–Kier alpha value is -0.770. The second-order valence-corrected chi connectivity index (χ2v) is 4.89. The van der Waals surface area contributed by atoms with Crippen LogP contribution in [-0.4, -0.2) is 30.9 Å². The van der Waals surface area contributed by atoms with E-state index in [0.717, 1.165) is 30.7 Å². The van der Waals surface area contributed by atoms with Crippen molar-refractivity contribution >= 4 is 11.6 Å². The third-order valence-corrected chi connectivity index (χ3v) is 3.05. The average molecular weight is 272 g/mol. The average Bonchev–Trinajstić information content (AvgIpc) is 2.36.